The predicted octanol–water partition coefficient (Wildman–Crippen LogP) is 0.532. The van der Waals surface area contributed by atoms with E-state index in [0.29, 0.717) is 0 Å². The third-order valence-corrected chi connectivity index (χ3v) is 3.39. The Labute approximate surface area is 133 Å². The molecule has 2 atom stereocenters. The van der Waals surface area contributed by atoms with Crippen LogP contribution >= 0.6 is 0 Å². The first-order chi connectivity index (χ1) is 10.4. The molecule has 0 amide bonds. The van der Waals surface area contributed by atoms with Gasteiger partial charge in [-0.05, 0) is 27.7 Å². The third-order valence-electron chi connectivity index (χ3n) is 3.39. The normalized spacial score (nSPS) is 26.9. The molecule has 0 aromatic heterocycles. The average molecular weight is 328 g/mol. The molecule has 1 rings (SSSR count). The Bertz CT molecular complexity index is 558. The van der Waals surface area contributed by atoms with Gasteiger partial charge in [-0.1, -0.05) is 6.58 Å². The maximum absolute atomic E-state index is 12.6. The van der Waals surface area contributed by atoms with E-state index in [1.165, 1.54) is 0 Å². The van der Waals surface area contributed by atoms with Gasteiger partial charge in [0.1, 0.15) is 12.2 Å². The molecule has 1 heterocycles. The minimum Gasteiger partial charge on any atom is -0.468 e. The maximum atomic E-state index is 12.6. The van der Waals surface area contributed by atoms with E-state index in [0.717, 1.165) is 20.1 Å². The van der Waals surface area contributed by atoms with E-state index in [9.17, 15) is 19.2 Å². The molecule has 2 unspecified atom stereocenters. The molecule has 1 saturated heterocycles. The van der Waals surface area contributed by atoms with E-state index in [-0.39, 0.29) is 0 Å². The largest absolute Gasteiger partial charge is 0.468 e. The number of methoxy groups -OCH3 is 1. The van der Waals surface area contributed by atoms with Crippen LogP contribution in [0, 0.1) is 5.41 Å². The van der Waals surface area contributed by atoms with Crippen LogP contribution < -0.4 is 0 Å². The average Bonchev–Trinajstić information content (AvgIpc) is 2.71. The number of ether oxygens (including phenoxy) is 4. The van der Waals surface area contributed by atoms with E-state index in [4.69, 9.17) is 14.2 Å². The smallest absolute Gasteiger partial charge is 0.356 e. The van der Waals surface area contributed by atoms with Gasteiger partial charge in [0.2, 0.25) is 5.41 Å². The summed E-state index contributed by atoms with van der Waals surface area (Å²) >= 11 is 0. The van der Waals surface area contributed by atoms with Crippen LogP contribution in [0.15, 0.2) is 12.7 Å². The van der Waals surface area contributed by atoms with Gasteiger partial charge >= 0.3 is 23.9 Å². The highest BCUT2D eigenvalue weighted by atomic mass is 16.6. The Morgan fingerprint density at radius 1 is 1.26 bits per heavy atom. The van der Waals surface area contributed by atoms with Crippen molar-refractivity contribution in [2.24, 2.45) is 5.41 Å². The van der Waals surface area contributed by atoms with Crippen molar-refractivity contribution >= 4 is 23.9 Å². The Morgan fingerprint density at radius 2 is 1.83 bits per heavy atom. The fourth-order valence-corrected chi connectivity index (χ4v) is 2.08. The van der Waals surface area contributed by atoms with Gasteiger partial charge in [-0.3, -0.25) is 9.59 Å². The molecule has 1 aliphatic rings. The number of carbonyl (C=O) groups excluding carboxylic acids is 4. The Morgan fingerprint density at radius 3 is 2.26 bits per heavy atom. The second-order valence-corrected chi connectivity index (χ2v) is 6.15. The molecule has 23 heavy (non-hydrogen) atoms. The molecular weight excluding hydrogens is 308 g/mol. The number of carbonyl (C=O) groups is 4. The standard InChI is InChI=1S/C15H20O8/c1-7-9(16)22-15(12(19)23-13(2,3)4)8-21-11(18)14(15,5)10(17)20-6/h7H,1,8H2,2-6H3. The van der Waals surface area contributed by atoms with Crippen LogP contribution in [0.4, 0.5) is 0 Å². The Hall–Kier alpha value is -2.38. The molecule has 0 spiro atoms. The van der Waals surface area contributed by atoms with Crippen molar-refractivity contribution in [2.75, 3.05) is 13.7 Å². The number of esters is 4. The maximum Gasteiger partial charge on any atom is 0.356 e. The van der Waals surface area contributed by atoms with Crippen molar-refractivity contribution in [1.82, 2.24) is 0 Å². The zero-order valence-electron chi connectivity index (χ0n) is 13.8. The van der Waals surface area contributed by atoms with Crippen molar-refractivity contribution in [3.63, 3.8) is 0 Å². The first-order valence-electron chi connectivity index (χ1n) is 6.79. The molecule has 8 heteroatoms. The van der Waals surface area contributed by atoms with E-state index in [2.05, 4.69) is 11.3 Å². The lowest BCUT2D eigenvalue weighted by Gasteiger charge is -2.35. The van der Waals surface area contributed by atoms with Crippen molar-refractivity contribution < 1.29 is 38.1 Å². The number of rotatable bonds is 4. The second-order valence-electron chi connectivity index (χ2n) is 6.15. The van der Waals surface area contributed by atoms with E-state index in [1.54, 1.807) is 20.8 Å². The van der Waals surface area contributed by atoms with Crippen molar-refractivity contribution in [1.29, 1.82) is 0 Å². The summed E-state index contributed by atoms with van der Waals surface area (Å²) in [6.45, 7) is 8.43. The third kappa shape index (κ3) is 3.06. The van der Waals surface area contributed by atoms with Crippen LogP contribution in [-0.4, -0.2) is 48.8 Å². The van der Waals surface area contributed by atoms with Crippen LogP contribution in [0.3, 0.4) is 0 Å². The molecule has 0 bridgehead atoms. The summed E-state index contributed by atoms with van der Waals surface area (Å²) in [5.74, 6) is -4.22. The van der Waals surface area contributed by atoms with Crippen molar-refractivity contribution in [3.05, 3.63) is 12.7 Å². The van der Waals surface area contributed by atoms with Gasteiger partial charge in [0.25, 0.3) is 5.60 Å². The van der Waals surface area contributed by atoms with Crippen LogP contribution in [0.25, 0.3) is 0 Å². The lowest BCUT2D eigenvalue weighted by atomic mass is 9.75. The summed E-state index contributed by atoms with van der Waals surface area (Å²) in [5.41, 5.74) is -5.44. The van der Waals surface area contributed by atoms with Crippen molar-refractivity contribution in [2.45, 2.75) is 38.9 Å². The molecule has 8 nitrogen and oxygen atoms in total. The first-order valence-corrected chi connectivity index (χ1v) is 6.79. The molecule has 1 aliphatic heterocycles. The van der Waals surface area contributed by atoms with Crippen molar-refractivity contribution in [3.8, 4) is 0 Å². The van der Waals surface area contributed by atoms with Gasteiger partial charge in [0.15, 0.2) is 0 Å². The van der Waals surface area contributed by atoms with Gasteiger partial charge < -0.3 is 18.9 Å². The highest BCUT2D eigenvalue weighted by molar-refractivity contribution is 6.09. The summed E-state index contributed by atoms with van der Waals surface area (Å²) in [6.07, 6.45) is 0.798. The van der Waals surface area contributed by atoms with Gasteiger partial charge in [-0.15, -0.1) is 0 Å². The van der Waals surface area contributed by atoms with Crippen LogP contribution in [0.5, 0.6) is 0 Å². The summed E-state index contributed by atoms with van der Waals surface area (Å²) in [6, 6.07) is 0. The number of hydrogen-bond donors (Lipinski definition) is 0. The van der Waals surface area contributed by atoms with Crippen LogP contribution in [0.2, 0.25) is 0 Å². The molecule has 0 radical (unpaired) electrons. The van der Waals surface area contributed by atoms with Crippen LogP contribution in [-0.2, 0) is 38.1 Å². The van der Waals surface area contributed by atoms with Gasteiger partial charge in [-0.25, -0.2) is 9.59 Å². The summed E-state index contributed by atoms with van der Waals surface area (Å²) in [7, 11) is 1.04. The fraction of sp³-hybridized carbons (Fsp3) is 0.600. The second kappa shape index (κ2) is 6.02. The van der Waals surface area contributed by atoms with Gasteiger partial charge in [0.05, 0.1) is 7.11 Å². The SMILES string of the molecule is C=CC(=O)OC1(C(=O)OC(C)(C)C)COC(=O)C1(C)C(=O)OC. The first kappa shape index (κ1) is 18.7. The van der Waals surface area contributed by atoms with E-state index >= 15 is 0 Å². The minimum atomic E-state index is -2.30. The zero-order valence-corrected chi connectivity index (χ0v) is 13.8. The summed E-state index contributed by atoms with van der Waals surface area (Å²) in [4.78, 5) is 48.6. The molecule has 1 fully saturated rings. The van der Waals surface area contributed by atoms with Gasteiger partial charge in [0, 0.05) is 6.08 Å². The Balaban J connectivity index is 3.47. The predicted molar refractivity (Wildman–Crippen MR) is 75.9 cm³/mol. The quantitative estimate of drug-likeness (QED) is 0.318. The van der Waals surface area contributed by atoms with Crippen LogP contribution in [0.1, 0.15) is 27.7 Å². The monoisotopic (exact) mass is 328 g/mol. The molecule has 0 N–H and O–H groups in total. The molecule has 128 valence electrons. The molecule has 0 aromatic rings. The summed E-state index contributed by atoms with van der Waals surface area (Å²) < 4.78 is 19.7. The number of hydrogen-bond acceptors (Lipinski definition) is 8. The summed E-state index contributed by atoms with van der Waals surface area (Å²) in [5, 5.41) is 0. The molecule has 0 saturated carbocycles. The topological polar surface area (TPSA) is 105 Å². The van der Waals surface area contributed by atoms with Gasteiger partial charge in [-0.2, -0.15) is 0 Å². The Kier molecular flexibility index (Phi) is 4.88. The lowest BCUT2D eigenvalue weighted by molar-refractivity contribution is -0.204. The lowest BCUT2D eigenvalue weighted by Crippen LogP contribution is -2.61. The van der Waals surface area contributed by atoms with E-state index in [1.807, 2.05) is 0 Å². The highest BCUT2D eigenvalue weighted by Gasteiger charge is 2.73. The molecule has 0 aromatic carbocycles. The molecule has 0 aliphatic carbocycles. The number of cyclic esters (lactones) is 1. The highest BCUT2D eigenvalue weighted by Crippen LogP contribution is 2.44. The molecular formula is C15H20O8. The minimum absolute atomic E-state index is 0.661. The zero-order chi connectivity index (χ0) is 18.1. The fourth-order valence-electron chi connectivity index (χ4n) is 2.08. The van der Waals surface area contributed by atoms with E-state index < -0.39 is 47.1 Å².